The van der Waals surface area contributed by atoms with Crippen LogP contribution in [0.5, 0.6) is 0 Å². The maximum Gasteiger partial charge on any atom is 0.106 e. The van der Waals surface area contributed by atoms with Gasteiger partial charge >= 0.3 is 0 Å². The number of ether oxygens (including phenoxy) is 1. The molecule has 6 heteroatoms. The van der Waals surface area contributed by atoms with E-state index in [0.717, 1.165) is 42.4 Å². The number of rotatable bonds is 10. The van der Waals surface area contributed by atoms with E-state index >= 15 is 0 Å². The molecule has 1 atom stereocenters. The Morgan fingerprint density at radius 1 is 1.38 bits per heavy atom. The van der Waals surface area contributed by atoms with Crippen molar-refractivity contribution in [1.29, 1.82) is 0 Å². The zero-order valence-corrected chi connectivity index (χ0v) is 15.2. The van der Waals surface area contributed by atoms with Crippen LogP contribution in [0.4, 0.5) is 0 Å². The highest BCUT2D eigenvalue weighted by atomic mass is 79.9. The average molecular weight is 362 g/mol. The zero-order chi connectivity index (χ0) is 15.8. The fraction of sp³-hybridized carbons (Fsp3) is 0.800. The number of hydrogen-bond acceptors (Lipinski definition) is 4. The Balaban J connectivity index is 2.79. The molecule has 1 aromatic rings. The first-order valence-electron chi connectivity index (χ1n) is 7.59. The second kappa shape index (κ2) is 9.56. The van der Waals surface area contributed by atoms with E-state index in [-0.39, 0.29) is 12.7 Å². The van der Waals surface area contributed by atoms with E-state index in [1.54, 1.807) is 0 Å². The van der Waals surface area contributed by atoms with Gasteiger partial charge < -0.3 is 14.7 Å². The van der Waals surface area contributed by atoms with Crippen LogP contribution in [0, 0.1) is 0 Å². The van der Waals surface area contributed by atoms with Gasteiger partial charge in [-0.15, -0.1) is 0 Å². The second-order valence-corrected chi connectivity index (χ2v) is 6.30. The number of nitrogens with zero attached hydrogens (tertiary/aromatic N) is 3. The lowest BCUT2D eigenvalue weighted by atomic mass is 10.1. The third-order valence-corrected chi connectivity index (χ3v) is 4.34. The summed E-state index contributed by atoms with van der Waals surface area (Å²) in [5.74, 6) is 0. The fourth-order valence-electron chi connectivity index (χ4n) is 2.26. The molecule has 1 heterocycles. The molecule has 0 radical (unpaired) electrons. The molecule has 1 unspecified atom stereocenters. The lowest BCUT2D eigenvalue weighted by Gasteiger charge is -2.19. The predicted octanol–water partition coefficient (Wildman–Crippen LogP) is 2.53. The highest BCUT2D eigenvalue weighted by Crippen LogP contribution is 2.30. The summed E-state index contributed by atoms with van der Waals surface area (Å²) in [6, 6.07) is 0. The predicted molar refractivity (Wildman–Crippen MR) is 88.5 cm³/mol. The molecule has 0 aliphatic rings. The number of hydrogen-bond donors (Lipinski definition) is 1. The van der Waals surface area contributed by atoms with Crippen LogP contribution in [-0.2, 0) is 18.2 Å². The molecule has 1 N–H and O–H groups in total. The van der Waals surface area contributed by atoms with Crippen LogP contribution in [0.2, 0.25) is 0 Å². The number of aliphatic hydroxyl groups is 1. The van der Waals surface area contributed by atoms with E-state index < -0.39 is 0 Å². The third-order valence-electron chi connectivity index (χ3n) is 3.48. The first kappa shape index (κ1) is 18.6. The van der Waals surface area contributed by atoms with E-state index in [2.05, 4.69) is 46.9 Å². The topological polar surface area (TPSA) is 50.5 Å². The summed E-state index contributed by atoms with van der Waals surface area (Å²) in [6.45, 7) is 3.96. The summed E-state index contributed by atoms with van der Waals surface area (Å²) in [7, 11) is 6.10. The van der Waals surface area contributed by atoms with Crippen LogP contribution in [0.1, 0.15) is 43.7 Å². The van der Waals surface area contributed by atoms with Gasteiger partial charge in [0.2, 0.25) is 0 Å². The van der Waals surface area contributed by atoms with E-state index in [9.17, 15) is 0 Å². The maximum absolute atomic E-state index is 8.86. The third kappa shape index (κ3) is 5.70. The molecule has 0 fully saturated rings. The minimum Gasteiger partial charge on any atom is -0.396 e. The Hall–Kier alpha value is -0.430. The van der Waals surface area contributed by atoms with Gasteiger partial charge in [-0.25, -0.2) is 0 Å². The Labute approximate surface area is 136 Å². The molecule has 122 valence electrons. The Morgan fingerprint density at radius 3 is 2.62 bits per heavy atom. The van der Waals surface area contributed by atoms with Crippen LogP contribution < -0.4 is 0 Å². The van der Waals surface area contributed by atoms with Crippen molar-refractivity contribution in [2.75, 3.05) is 33.9 Å². The molecule has 0 saturated carbocycles. The summed E-state index contributed by atoms with van der Waals surface area (Å²) < 4.78 is 9.03. The van der Waals surface area contributed by atoms with Gasteiger partial charge in [0.1, 0.15) is 11.8 Å². The van der Waals surface area contributed by atoms with Crippen LogP contribution in [0.3, 0.4) is 0 Å². The lowest BCUT2D eigenvalue weighted by molar-refractivity contribution is 0.0343. The van der Waals surface area contributed by atoms with Gasteiger partial charge in [-0.1, -0.05) is 6.92 Å². The van der Waals surface area contributed by atoms with Crippen molar-refractivity contribution in [2.45, 2.75) is 38.7 Å². The van der Waals surface area contributed by atoms with E-state index in [1.165, 1.54) is 5.69 Å². The number of aryl methyl sites for hydroxylation is 1. The van der Waals surface area contributed by atoms with Crippen LogP contribution in [0.15, 0.2) is 4.47 Å². The summed E-state index contributed by atoms with van der Waals surface area (Å²) in [4.78, 5) is 2.15. The Bertz CT molecular complexity index is 421. The molecule has 5 nitrogen and oxygen atoms in total. The molecule has 1 rings (SSSR count). The maximum atomic E-state index is 8.86. The largest absolute Gasteiger partial charge is 0.396 e. The lowest BCUT2D eigenvalue weighted by Crippen LogP contribution is -2.18. The number of unbranched alkanes of at least 4 members (excludes halogenated alkanes) is 1. The minimum atomic E-state index is -0.00744. The molecule has 1 aromatic heterocycles. The van der Waals surface area contributed by atoms with Crippen molar-refractivity contribution >= 4 is 15.9 Å². The highest BCUT2D eigenvalue weighted by molar-refractivity contribution is 9.10. The average Bonchev–Trinajstić information content (AvgIpc) is 2.72. The minimum absolute atomic E-state index is 0.00744. The molecule has 0 amide bonds. The first-order valence-corrected chi connectivity index (χ1v) is 8.39. The number of halogens is 1. The molecule has 0 aromatic carbocycles. The molecule has 0 aliphatic carbocycles. The van der Waals surface area contributed by atoms with E-state index in [1.807, 2.05) is 11.7 Å². The number of aliphatic hydroxyl groups excluding tert-OH is 1. The van der Waals surface area contributed by atoms with Crippen molar-refractivity contribution < 1.29 is 9.84 Å². The van der Waals surface area contributed by atoms with Crippen LogP contribution in [0.25, 0.3) is 0 Å². The molecular weight excluding hydrogens is 334 g/mol. The van der Waals surface area contributed by atoms with Gasteiger partial charge in [-0.2, -0.15) is 5.10 Å². The van der Waals surface area contributed by atoms with Crippen molar-refractivity contribution in [3.05, 3.63) is 15.9 Å². The van der Waals surface area contributed by atoms with Gasteiger partial charge in [0, 0.05) is 26.8 Å². The summed E-state index contributed by atoms with van der Waals surface area (Å²) in [5, 5.41) is 13.5. The summed E-state index contributed by atoms with van der Waals surface area (Å²) >= 11 is 3.68. The first-order chi connectivity index (χ1) is 10.0. The molecular formula is C15H28BrN3O2. The van der Waals surface area contributed by atoms with Gasteiger partial charge in [0.15, 0.2) is 0 Å². The Morgan fingerprint density at radius 2 is 2.10 bits per heavy atom. The quantitative estimate of drug-likeness (QED) is 0.650. The van der Waals surface area contributed by atoms with Gasteiger partial charge in [-0.05, 0) is 55.7 Å². The van der Waals surface area contributed by atoms with Gasteiger partial charge in [0.25, 0.3) is 0 Å². The molecule has 0 spiro atoms. The summed E-state index contributed by atoms with van der Waals surface area (Å²) in [5.41, 5.74) is 2.18. The van der Waals surface area contributed by atoms with Gasteiger partial charge in [-0.3, -0.25) is 4.68 Å². The van der Waals surface area contributed by atoms with Crippen molar-refractivity contribution in [2.24, 2.45) is 7.05 Å². The van der Waals surface area contributed by atoms with Crippen molar-refractivity contribution in [1.82, 2.24) is 14.7 Å². The smallest absolute Gasteiger partial charge is 0.106 e. The molecule has 0 saturated heterocycles. The Kier molecular flexibility index (Phi) is 8.48. The van der Waals surface area contributed by atoms with E-state index in [4.69, 9.17) is 9.84 Å². The SMILES string of the molecule is CCc1c(Br)c(C(CCN(C)C)OCCCCO)nn1C. The summed E-state index contributed by atoms with van der Waals surface area (Å²) in [6.07, 6.45) is 3.50. The second-order valence-electron chi connectivity index (χ2n) is 5.51. The number of aromatic nitrogens is 2. The van der Waals surface area contributed by atoms with Gasteiger partial charge in [0.05, 0.1) is 10.2 Å². The van der Waals surface area contributed by atoms with E-state index in [0.29, 0.717) is 6.61 Å². The molecule has 0 bridgehead atoms. The molecule has 21 heavy (non-hydrogen) atoms. The van der Waals surface area contributed by atoms with Crippen molar-refractivity contribution in [3.8, 4) is 0 Å². The zero-order valence-electron chi connectivity index (χ0n) is 13.6. The van der Waals surface area contributed by atoms with Crippen LogP contribution in [-0.4, -0.2) is 53.6 Å². The van der Waals surface area contributed by atoms with Crippen molar-refractivity contribution in [3.63, 3.8) is 0 Å². The molecule has 0 aliphatic heterocycles. The highest BCUT2D eigenvalue weighted by Gasteiger charge is 2.22. The normalized spacial score (nSPS) is 13.1. The standard InChI is InChI=1S/C15H28BrN3O2/c1-5-12-14(16)15(17-19(12)4)13(8-9-18(2)3)21-11-7-6-10-20/h13,20H,5-11H2,1-4H3. The van der Waals surface area contributed by atoms with Crippen LogP contribution >= 0.6 is 15.9 Å². The fourth-order valence-corrected chi connectivity index (χ4v) is 3.13. The monoisotopic (exact) mass is 361 g/mol.